The average Bonchev–Trinajstić information content (AvgIpc) is 3.02. The molecular weight excluding hydrogens is 441 g/mol. The standard InChI is InChI=1S/C24H23F3O4S/c1-13-11-15(5-9-19(13)31-23(3,4)22(29)30)18(28)8-10-20-14(2)17-7-6-16(24(25,26)27)12-21(17)32-20/h5-7,9,11-12H,8,10H2,1-4H3,(H,29,30). The van der Waals surface area contributed by atoms with Gasteiger partial charge in [-0.25, -0.2) is 4.79 Å². The number of ketones is 1. The Morgan fingerprint density at radius 3 is 2.34 bits per heavy atom. The summed E-state index contributed by atoms with van der Waals surface area (Å²) in [4.78, 5) is 24.8. The van der Waals surface area contributed by atoms with Crippen LogP contribution in [0.1, 0.15) is 52.2 Å². The molecule has 0 bridgehead atoms. The molecule has 170 valence electrons. The third-order valence-corrected chi connectivity index (χ3v) is 6.63. The average molecular weight is 465 g/mol. The lowest BCUT2D eigenvalue weighted by Crippen LogP contribution is -2.38. The Kier molecular flexibility index (Phi) is 6.38. The van der Waals surface area contributed by atoms with Crippen LogP contribution in [0.3, 0.4) is 0 Å². The monoisotopic (exact) mass is 464 g/mol. The van der Waals surface area contributed by atoms with Gasteiger partial charge in [-0.2, -0.15) is 13.2 Å². The highest BCUT2D eigenvalue weighted by Gasteiger charge is 2.31. The van der Waals surface area contributed by atoms with Gasteiger partial charge >= 0.3 is 12.1 Å². The van der Waals surface area contributed by atoms with Crippen molar-refractivity contribution in [2.45, 2.75) is 52.3 Å². The molecule has 1 aromatic heterocycles. The summed E-state index contributed by atoms with van der Waals surface area (Å²) in [5.41, 5.74) is -0.0786. The number of carbonyl (C=O) groups excluding carboxylic acids is 1. The lowest BCUT2D eigenvalue weighted by atomic mass is 10.0. The molecule has 3 aromatic rings. The van der Waals surface area contributed by atoms with Crippen LogP contribution in [0.4, 0.5) is 13.2 Å². The van der Waals surface area contributed by atoms with Crippen molar-refractivity contribution in [1.29, 1.82) is 0 Å². The first kappa shape index (κ1) is 23.8. The molecule has 0 radical (unpaired) electrons. The van der Waals surface area contributed by atoms with E-state index in [1.165, 1.54) is 31.3 Å². The molecule has 2 aromatic carbocycles. The number of aliphatic carboxylic acids is 1. The van der Waals surface area contributed by atoms with E-state index in [0.717, 1.165) is 28.0 Å². The maximum atomic E-state index is 13.0. The van der Waals surface area contributed by atoms with Crippen molar-refractivity contribution in [2.24, 2.45) is 0 Å². The minimum atomic E-state index is -4.39. The summed E-state index contributed by atoms with van der Waals surface area (Å²) in [6.45, 7) is 6.47. The van der Waals surface area contributed by atoms with Gasteiger partial charge in [-0.1, -0.05) is 6.07 Å². The van der Waals surface area contributed by atoms with Crippen LogP contribution in [-0.2, 0) is 17.4 Å². The quantitative estimate of drug-likeness (QED) is 0.401. The number of carboxylic acid groups (broad SMARTS) is 1. The van der Waals surface area contributed by atoms with E-state index in [0.29, 0.717) is 28.0 Å². The second-order valence-corrected chi connectivity index (χ2v) is 9.32. The highest BCUT2D eigenvalue weighted by molar-refractivity contribution is 7.19. The number of alkyl halides is 3. The molecule has 0 amide bonds. The van der Waals surface area contributed by atoms with Crippen LogP contribution < -0.4 is 4.74 Å². The van der Waals surface area contributed by atoms with E-state index in [-0.39, 0.29) is 12.2 Å². The molecule has 32 heavy (non-hydrogen) atoms. The second kappa shape index (κ2) is 8.58. The summed E-state index contributed by atoms with van der Waals surface area (Å²) in [5.74, 6) is -0.821. The Morgan fingerprint density at radius 2 is 1.75 bits per heavy atom. The zero-order chi connectivity index (χ0) is 23.8. The number of rotatable bonds is 7. The number of thiophene rings is 1. The van der Waals surface area contributed by atoms with E-state index in [1.807, 2.05) is 6.92 Å². The van der Waals surface area contributed by atoms with E-state index < -0.39 is 23.3 Å². The Bertz CT molecular complexity index is 1190. The van der Waals surface area contributed by atoms with E-state index in [4.69, 9.17) is 4.74 Å². The van der Waals surface area contributed by atoms with Gasteiger partial charge in [0.25, 0.3) is 0 Å². The van der Waals surface area contributed by atoms with Crippen molar-refractivity contribution in [3.8, 4) is 5.75 Å². The molecule has 1 N–H and O–H groups in total. The van der Waals surface area contributed by atoms with Crippen molar-refractivity contribution in [2.75, 3.05) is 0 Å². The number of aryl methyl sites for hydroxylation is 3. The molecule has 3 rings (SSSR count). The van der Waals surface area contributed by atoms with Crippen LogP contribution in [0.15, 0.2) is 36.4 Å². The lowest BCUT2D eigenvalue weighted by molar-refractivity contribution is -0.152. The van der Waals surface area contributed by atoms with Crippen LogP contribution >= 0.6 is 11.3 Å². The van der Waals surface area contributed by atoms with Crippen LogP contribution in [0, 0.1) is 13.8 Å². The van der Waals surface area contributed by atoms with Gasteiger partial charge < -0.3 is 9.84 Å². The van der Waals surface area contributed by atoms with Gasteiger partial charge in [0, 0.05) is 21.6 Å². The topological polar surface area (TPSA) is 63.6 Å². The molecule has 0 aliphatic heterocycles. The first-order valence-corrected chi connectivity index (χ1v) is 10.8. The molecule has 0 saturated heterocycles. The second-order valence-electron chi connectivity index (χ2n) is 8.18. The Hall–Kier alpha value is -2.87. The SMILES string of the molecule is Cc1cc(C(=O)CCc2sc3cc(C(F)(F)F)ccc3c2C)ccc1OC(C)(C)C(=O)O. The molecule has 0 aliphatic carbocycles. The maximum absolute atomic E-state index is 13.0. The molecule has 0 saturated carbocycles. The summed E-state index contributed by atoms with van der Waals surface area (Å²) in [5, 5.41) is 9.98. The van der Waals surface area contributed by atoms with Crippen LogP contribution in [0.5, 0.6) is 5.75 Å². The third kappa shape index (κ3) is 4.96. The van der Waals surface area contributed by atoms with Crippen LogP contribution in [0.25, 0.3) is 10.1 Å². The number of benzene rings is 2. The summed E-state index contributed by atoms with van der Waals surface area (Å²) >= 11 is 1.28. The van der Waals surface area contributed by atoms with E-state index >= 15 is 0 Å². The van der Waals surface area contributed by atoms with Crippen LogP contribution in [0.2, 0.25) is 0 Å². The van der Waals surface area contributed by atoms with Gasteiger partial charge in [-0.15, -0.1) is 11.3 Å². The molecule has 0 atom stereocenters. The number of fused-ring (bicyclic) bond motifs is 1. The fourth-order valence-corrected chi connectivity index (χ4v) is 4.57. The lowest BCUT2D eigenvalue weighted by Gasteiger charge is -2.22. The molecule has 8 heteroatoms. The molecule has 0 unspecified atom stereocenters. The fourth-order valence-electron chi connectivity index (χ4n) is 3.32. The predicted molar refractivity (Wildman–Crippen MR) is 118 cm³/mol. The van der Waals surface area contributed by atoms with Gasteiger partial charge in [-0.05, 0) is 81.0 Å². The van der Waals surface area contributed by atoms with Crippen molar-refractivity contribution >= 4 is 33.2 Å². The minimum Gasteiger partial charge on any atom is -0.478 e. The highest BCUT2D eigenvalue weighted by atomic mass is 32.1. The summed E-state index contributed by atoms with van der Waals surface area (Å²) in [6.07, 6.45) is -3.76. The zero-order valence-electron chi connectivity index (χ0n) is 18.1. The zero-order valence-corrected chi connectivity index (χ0v) is 18.9. The van der Waals surface area contributed by atoms with E-state index in [2.05, 4.69) is 0 Å². The molecule has 4 nitrogen and oxygen atoms in total. The maximum Gasteiger partial charge on any atom is 0.416 e. The molecular formula is C24H23F3O4S. The summed E-state index contributed by atoms with van der Waals surface area (Å²) in [6, 6.07) is 8.54. The van der Waals surface area contributed by atoms with Crippen molar-refractivity contribution in [3.63, 3.8) is 0 Å². The van der Waals surface area contributed by atoms with Gasteiger partial charge in [-0.3, -0.25) is 4.79 Å². The largest absolute Gasteiger partial charge is 0.478 e. The van der Waals surface area contributed by atoms with Gasteiger partial charge in [0.1, 0.15) is 5.75 Å². The Balaban J connectivity index is 1.74. The van der Waals surface area contributed by atoms with E-state index in [9.17, 15) is 27.9 Å². The smallest absolute Gasteiger partial charge is 0.416 e. The van der Waals surface area contributed by atoms with Crippen molar-refractivity contribution in [1.82, 2.24) is 0 Å². The molecule has 1 heterocycles. The Morgan fingerprint density at radius 1 is 1.06 bits per heavy atom. The number of hydrogen-bond acceptors (Lipinski definition) is 4. The number of Topliss-reactive ketones (excluding diaryl/α,β-unsaturated/α-hetero) is 1. The van der Waals surface area contributed by atoms with Crippen molar-refractivity contribution in [3.05, 3.63) is 63.5 Å². The molecule has 0 fully saturated rings. The van der Waals surface area contributed by atoms with E-state index in [1.54, 1.807) is 25.1 Å². The fraction of sp³-hybridized carbons (Fsp3) is 0.333. The summed E-state index contributed by atoms with van der Waals surface area (Å²) in [7, 11) is 0. The minimum absolute atomic E-state index is 0.106. The van der Waals surface area contributed by atoms with Gasteiger partial charge in [0.2, 0.25) is 0 Å². The molecule has 0 aliphatic rings. The first-order chi connectivity index (χ1) is 14.8. The highest BCUT2D eigenvalue weighted by Crippen LogP contribution is 2.37. The third-order valence-electron chi connectivity index (χ3n) is 5.32. The number of hydrogen-bond donors (Lipinski definition) is 1. The van der Waals surface area contributed by atoms with Crippen molar-refractivity contribution < 1.29 is 32.6 Å². The van der Waals surface area contributed by atoms with Gasteiger partial charge in [0.15, 0.2) is 11.4 Å². The van der Waals surface area contributed by atoms with Crippen LogP contribution in [-0.4, -0.2) is 22.5 Å². The number of carbonyl (C=O) groups is 2. The summed E-state index contributed by atoms with van der Waals surface area (Å²) < 4.78 is 45.0. The predicted octanol–water partition coefficient (Wildman–Crippen LogP) is 6.59. The number of carboxylic acids is 1. The molecule has 0 spiro atoms. The van der Waals surface area contributed by atoms with Gasteiger partial charge in [0.05, 0.1) is 5.56 Å². The first-order valence-electron chi connectivity index (χ1n) is 9.95. The number of halogens is 3. The number of ether oxygens (including phenoxy) is 1. The Labute approximate surface area is 187 Å². The normalized spacial score (nSPS) is 12.2.